The second-order valence-corrected chi connectivity index (χ2v) is 9.97. The molecule has 0 radical (unpaired) electrons. The minimum Gasteiger partial charge on any atom is -0.359 e. The molecule has 1 amide bonds. The van der Waals surface area contributed by atoms with Crippen LogP contribution in [0.1, 0.15) is 32.8 Å². The number of hydrogen-bond donors (Lipinski definition) is 1. The van der Waals surface area contributed by atoms with Crippen LogP contribution in [0.5, 0.6) is 0 Å². The summed E-state index contributed by atoms with van der Waals surface area (Å²) in [6, 6.07) is 20.5. The highest BCUT2D eigenvalue weighted by Crippen LogP contribution is 2.35. The van der Waals surface area contributed by atoms with Crippen LogP contribution in [-0.4, -0.2) is 29.5 Å². The van der Waals surface area contributed by atoms with E-state index in [1.54, 1.807) is 17.7 Å². The number of rotatable bonds is 6. The number of benzene rings is 2. The topological polar surface area (TPSA) is 58.1 Å². The predicted octanol–water partition coefficient (Wildman–Crippen LogP) is 6.12. The molecule has 164 valence electrons. The second-order valence-electron chi connectivity index (χ2n) is 8.94. The zero-order valence-corrected chi connectivity index (χ0v) is 19.7. The molecule has 6 heteroatoms. The zero-order chi connectivity index (χ0) is 22.7. The van der Waals surface area contributed by atoms with Crippen LogP contribution < -0.4 is 10.2 Å². The molecule has 2 heterocycles. The Balaban J connectivity index is 1.42. The van der Waals surface area contributed by atoms with Crippen molar-refractivity contribution in [3.63, 3.8) is 0 Å². The van der Waals surface area contributed by atoms with Crippen LogP contribution in [0.2, 0.25) is 0 Å². The monoisotopic (exact) mass is 444 g/mol. The first-order valence-corrected chi connectivity index (χ1v) is 11.5. The third kappa shape index (κ3) is 4.97. The van der Waals surface area contributed by atoms with Gasteiger partial charge in [0, 0.05) is 30.6 Å². The lowest BCUT2D eigenvalue weighted by Gasteiger charge is -2.20. The Labute approximate surface area is 193 Å². The molecule has 2 aromatic heterocycles. The number of thiophene rings is 1. The lowest BCUT2D eigenvalue weighted by Crippen LogP contribution is -2.24. The molecule has 0 bridgehead atoms. The maximum Gasteiger partial charge on any atom is 0.226 e. The van der Waals surface area contributed by atoms with Gasteiger partial charge in [0.05, 0.1) is 5.39 Å². The van der Waals surface area contributed by atoms with Crippen molar-refractivity contribution in [3.05, 3.63) is 72.6 Å². The molecule has 32 heavy (non-hydrogen) atoms. The van der Waals surface area contributed by atoms with E-state index in [-0.39, 0.29) is 11.3 Å². The smallest absolute Gasteiger partial charge is 0.226 e. The van der Waals surface area contributed by atoms with Crippen molar-refractivity contribution in [2.75, 3.05) is 23.8 Å². The lowest BCUT2D eigenvalue weighted by atomic mass is 9.87. The average molecular weight is 445 g/mol. The van der Waals surface area contributed by atoms with E-state index >= 15 is 0 Å². The summed E-state index contributed by atoms with van der Waals surface area (Å²) in [5.74, 6) is 0.830. The number of amides is 1. The minimum atomic E-state index is -0.0130. The Morgan fingerprint density at radius 2 is 1.75 bits per heavy atom. The Morgan fingerprint density at radius 1 is 1.03 bits per heavy atom. The van der Waals surface area contributed by atoms with Crippen molar-refractivity contribution in [3.8, 4) is 10.4 Å². The lowest BCUT2D eigenvalue weighted by molar-refractivity contribution is -0.116. The summed E-state index contributed by atoms with van der Waals surface area (Å²) in [5, 5.41) is 4.01. The molecule has 0 atom stereocenters. The Kier molecular flexibility index (Phi) is 6.24. The largest absolute Gasteiger partial charge is 0.359 e. The number of carbonyl (C=O) groups is 1. The van der Waals surface area contributed by atoms with Crippen molar-refractivity contribution in [1.82, 2.24) is 9.97 Å². The molecule has 0 aliphatic heterocycles. The van der Waals surface area contributed by atoms with E-state index in [2.05, 4.69) is 66.4 Å². The van der Waals surface area contributed by atoms with Crippen LogP contribution in [-0.2, 0) is 10.2 Å². The molecule has 0 aliphatic carbocycles. The van der Waals surface area contributed by atoms with Gasteiger partial charge in [-0.2, -0.15) is 0 Å². The zero-order valence-electron chi connectivity index (χ0n) is 18.9. The molecule has 0 fully saturated rings. The molecule has 5 nitrogen and oxygen atoms in total. The number of anilines is 2. The molecule has 0 aliphatic rings. The van der Waals surface area contributed by atoms with Gasteiger partial charge in [0.15, 0.2) is 0 Å². The van der Waals surface area contributed by atoms with Crippen LogP contribution >= 0.6 is 11.3 Å². The van der Waals surface area contributed by atoms with E-state index in [9.17, 15) is 4.79 Å². The van der Waals surface area contributed by atoms with Crippen LogP contribution in [0.3, 0.4) is 0 Å². The molecular weight excluding hydrogens is 416 g/mol. The molecule has 1 N–H and O–H groups in total. The molecular formula is C26H28N4OS. The number of hydrogen-bond acceptors (Lipinski definition) is 5. The summed E-state index contributed by atoms with van der Waals surface area (Å²) in [5.41, 5.74) is 3.32. The highest BCUT2D eigenvalue weighted by atomic mass is 32.1. The third-order valence-electron chi connectivity index (χ3n) is 5.44. The minimum absolute atomic E-state index is 0.0130. The molecule has 4 rings (SSSR count). The van der Waals surface area contributed by atoms with Crippen molar-refractivity contribution < 1.29 is 4.79 Å². The molecule has 0 saturated carbocycles. The van der Waals surface area contributed by atoms with Gasteiger partial charge < -0.3 is 10.2 Å². The fourth-order valence-corrected chi connectivity index (χ4v) is 4.54. The van der Waals surface area contributed by atoms with Gasteiger partial charge >= 0.3 is 0 Å². The van der Waals surface area contributed by atoms with Crippen molar-refractivity contribution >= 4 is 39.0 Å². The Hall–Kier alpha value is -3.25. The normalized spacial score (nSPS) is 11.5. The van der Waals surface area contributed by atoms with Gasteiger partial charge in [-0.15, -0.1) is 11.3 Å². The van der Waals surface area contributed by atoms with Crippen LogP contribution in [0.4, 0.5) is 11.5 Å². The van der Waals surface area contributed by atoms with Gasteiger partial charge in [-0.25, -0.2) is 9.97 Å². The van der Waals surface area contributed by atoms with E-state index in [1.165, 1.54) is 11.1 Å². The first kappa shape index (κ1) is 22.0. The van der Waals surface area contributed by atoms with Gasteiger partial charge in [0.2, 0.25) is 5.91 Å². The fraction of sp³-hybridized carbons (Fsp3) is 0.269. The van der Waals surface area contributed by atoms with Crippen LogP contribution in [0.15, 0.2) is 67.0 Å². The molecule has 2 aromatic carbocycles. The van der Waals surface area contributed by atoms with E-state index in [4.69, 9.17) is 0 Å². The Bertz CT molecular complexity index is 1210. The first-order chi connectivity index (χ1) is 15.3. The highest BCUT2D eigenvalue weighted by molar-refractivity contribution is 7.21. The van der Waals surface area contributed by atoms with E-state index in [0.717, 1.165) is 26.6 Å². The average Bonchev–Trinajstić information content (AvgIpc) is 3.22. The molecule has 0 spiro atoms. The number of nitrogens with zero attached hydrogens (tertiary/aromatic N) is 3. The highest BCUT2D eigenvalue weighted by Gasteiger charge is 2.15. The van der Waals surface area contributed by atoms with Gasteiger partial charge in [0.1, 0.15) is 17.0 Å². The summed E-state index contributed by atoms with van der Waals surface area (Å²) in [6.07, 6.45) is 1.97. The second kappa shape index (κ2) is 9.09. The molecule has 0 unspecified atom stereocenters. The van der Waals surface area contributed by atoms with Gasteiger partial charge in [-0.05, 0) is 34.7 Å². The number of aromatic nitrogens is 2. The summed E-state index contributed by atoms with van der Waals surface area (Å²) in [4.78, 5) is 25.6. The molecule has 4 aromatic rings. The van der Waals surface area contributed by atoms with Gasteiger partial charge in [0.25, 0.3) is 0 Å². The maximum absolute atomic E-state index is 12.5. The Morgan fingerprint density at radius 3 is 2.44 bits per heavy atom. The first-order valence-electron chi connectivity index (χ1n) is 10.7. The standard InChI is InChI=1S/C26H28N4OS/c1-26(2,3)19-10-12-20(13-11-19)29-23(31)14-15-30(4)24-21-16-22(18-8-6-5-7-9-18)32-25(21)28-17-27-24/h5-13,16-17H,14-15H2,1-4H3,(H,29,31). The van der Waals surface area contributed by atoms with Crippen LogP contribution in [0, 0.1) is 0 Å². The molecule has 0 saturated heterocycles. The summed E-state index contributed by atoms with van der Waals surface area (Å²) in [6.45, 7) is 7.10. The van der Waals surface area contributed by atoms with Crippen molar-refractivity contribution in [2.45, 2.75) is 32.6 Å². The number of carbonyl (C=O) groups excluding carboxylic acids is 1. The van der Waals surface area contributed by atoms with E-state index in [1.807, 2.05) is 42.3 Å². The summed E-state index contributed by atoms with van der Waals surface area (Å²) < 4.78 is 0. The van der Waals surface area contributed by atoms with Crippen molar-refractivity contribution in [1.29, 1.82) is 0 Å². The number of nitrogens with one attached hydrogen (secondary N) is 1. The SMILES string of the molecule is CN(CCC(=O)Nc1ccc(C(C)(C)C)cc1)c1ncnc2sc(-c3ccccc3)cc12. The van der Waals surface area contributed by atoms with E-state index < -0.39 is 0 Å². The van der Waals surface area contributed by atoms with Gasteiger partial charge in [-0.1, -0.05) is 63.2 Å². The quantitative estimate of drug-likeness (QED) is 0.389. The number of fused-ring (bicyclic) bond motifs is 1. The fourth-order valence-electron chi connectivity index (χ4n) is 3.54. The third-order valence-corrected chi connectivity index (χ3v) is 6.53. The van der Waals surface area contributed by atoms with Crippen LogP contribution in [0.25, 0.3) is 20.7 Å². The predicted molar refractivity (Wildman–Crippen MR) is 135 cm³/mol. The van der Waals surface area contributed by atoms with E-state index in [0.29, 0.717) is 13.0 Å². The summed E-state index contributed by atoms with van der Waals surface area (Å²) >= 11 is 1.65. The maximum atomic E-state index is 12.5. The van der Waals surface area contributed by atoms with Crippen molar-refractivity contribution in [2.24, 2.45) is 0 Å². The summed E-state index contributed by atoms with van der Waals surface area (Å²) in [7, 11) is 1.97. The van der Waals surface area contributed by atoms with Gasteiger partial charge in [-0.3, -0.25) is 4.79 Å².